The van der Waals surface area contributed by atoms with Crippen molar-refractivity contribution in [3.05, 3.63) is 23.3 Å². The van der Waals surface area contributed by atoms with Crippen molar-refractivity contribution in [1.82, 2.24) is 4.90 Å². The van der Waals surface area contributed by atoms with E-state index in [0.29, 0.717) is 13.2 Å². The van der Waals surface area contributed by atoms with Crippen molar-refractivity contribution in [2.75, 3.05) is 39.5 Å². The summed E-state index contributed by atoms with van der Waals surface area (Å²) < 4.78 is 11.3. The zero-order chi connectivity index (χ0) is 40.3. The Hall–Kier alpha value is -1.66. The number of hydrogen-bond donors (Lipinski definition) is 1. The molecule has 0 aromatic carbocycles. The van der Waals surface area contributed by atoms with Crippen molar-refractivity contribution in [1.29, 1.82) is 0 Å². The fourth-order valence-corrected chi connectivity index (χ4v) is 7.34. The number of unbranched alkanes of at least 4 members (excludes halogenated alkanes) is 22. The van der Waals surface area contributed by atoms with Gasteiger partial charge in [-0.05, 0) is 109 Å². The predicted molar refractivity (Wildman–Crippen MR) is 237 cm³/mol. The topological polar surface area (TPSA) is 76.1 Å². The van der Waals surface area contributed by atoms with Crippen LogP contribution in [0.25, 0.3) is 0 Å². The first-order chi connectivity index (χ1) is 27.0. The van der Waals surface area contributed by atoms with Crippen molar-refractivity contribution in [3.63, 3.8) is 0 Å². The molecule has 0 saturated heterocycles. The van der Waals surface area contributed by atoms with Gasteiger partial charge in [-0.2, -0.15) is 0 Å². The molecule has 0 aromatic heterocycles. The summed E-state index contributed by atoms with van der Waals surface area (Å²) in [6.45, 7) is 13.1. The lowest BCUT2D eigenvalue weighted by Crippen LogP contribution is -2.28. The fourth-order valence-electron chi connectivity index (χ4n) is 7.34. The third-order valence-corrected chi connectivity index (χ3v) is 10.9. The zero-order valence-electron chi connectivity index (χ0n) is 37.3. The van der Waals surface area contributed by atoms with Crippen LogP contribution in [-0.2, 0) is 19.1 Å². The third-order valence-electron chi connectivity index (χ3n) is 10.9. The van der Waals surface area contributed by atoms with Crippen molar-refractivity contribution >= 4 is 11.9 Å². The van der Waals surface area contributed by atoms with Gasteiger partial charge in [0.05, 0.1) is 13.2 Å². The van der Waals surface area contributed by atoms with Gasteiger partial charge in [0.15, 0.2) is 0 Å². The second kappa shape index (κ2) is 43.5. The first-order valence-electron chi connectivity index (χ1n) is 24.1. The first-order valence-corrected chi connectivity index (χ1v) is 24.1. The maximum atomic E-state index is 12.6. The first kappa shape index (κ1) is 53.3. The van der Waals surface area contributed by atoms with Crippen LogP contribution in [0, 0.1) is 0 Å². The number of nitrogens with zero attached hydrogens (tertiary/aromatic N) is 1. The molecular weight excluding hydrogens is 683 g/mol. The quantitative estimate of drug-likeness (QED) is 0.0378. The lowest BCUT2D eigenvalue weighted by atomic mass is 10.00. The van der Waals surface area contributed by atoms with Crippen LogP contribution in [0.15, 0.2) is 23.3 Å². The average Bonchev–Trinajstić information content (AvgIpc) is 3.18. The molecule has 0 heterocycles. The summed E-state index contributed by atoms with van der Waals surface area (Å²) in [5.74, 6) is -0.327. The second-order valence-corrected chi connectivity index (χ2v) is 16.3. The summed E-state index contributed by atoms with van der Waals surface area (Å²) in [6, 6.07) is 0. The van der Waals surface area contributed by atoms with Gasteiger partial charge in [-0.25, -0.2) is 9.59 Å². The number of rotatable bonds is 43. The number of carbonyl (C=O) groups excluding carboxylic acids is 2. The van der Waals surface area contributed by atoms with Crippen LogP contribution in [0.4, 0.5) is 0 Å². The molecule has 0 amide bonds. The van der Waals surface area contributed by atoms with E-state index < -0.39 is 0 Å². The Morgan fingerprint density at radius 1 is 0.400 bits per heavy atom. The Morgan fingerprint density at radius 3 is 1.05 bits per heavy atom. The van der Waals surface area contributed by atoms with Gasteiger partial charge in [0, 0.05) is 25.3 Å². The van der Waals surface area contributed by atoms with Crippen LogP contribution in [0.2, 0.25) is 0 Å². The molecule has 0 unspecified atom stereocenters. The molecule has 0 atom stereocenters. The van der Waals surface area contributed by atoms with Gasteiger partial charge in [-0.3, -0.25) is 0 Å². The minimum absolute atomic E-state index is 0.163. The average molecular weight is 776 g/mol. The minimum atomic E-state index is -0.163. The molecule has 0 bridgehead atoms. The lowest BCUT2D eigenvalue weighted by Gasteiger charge is -2.22. The third kappa shape index (κ3) is 39.0. The van der Waals surface area contributed by atoms with E-state index in [0.717, 1.165) is 103 Å². The summed E-state index contributed by atoms with van der Waals surface area (Å²) in [7, 11) is 0. The molecule has 0 aliphatic heterocycles. The maximum absolute atomic E-state index is 12.6. The van der Waals surface area contributed by atoms with E-state index >= 15 is 0 Å². The van der Waals surface area contributed by atoms with Gasteiger partial charge < -0.3 is 19.5 Å². The van der Waals surface area contributed by atoms with E-state index in [1.165, 1.54) is 140 Å². The van der Waals surface area contributed by atoms with Crippen LogP contribution in [0.1, 0.15) is 240 Å². The fraction of sp³-hybridized carbons (Fsp3) is 0.878. The summed E-state index contributed by atoms with van der Waals surface area (Å²) in [5.41, 5.74) is 2.55. The van der Waals surface area contributed by atoms with E-state index in [9.17, 15) is 14.7 Å². The Labute approximate surface area is 342 Å². The molecule has 0 rings (SSSR count). The van der Waals surface area contributed by atoms with E-state index in [4.69, 9.17) is 9.47 Å². The van der Waals surface area contributed by atoms with Crippen LogP contribution in [0.5, 0.6) is 0 Å². The van der Waals surface area contributed by atoms with Gasteiger partial charge in [-0.15, -0.1) is 0 Å². The number of ether oxygens (including phenoxy) is 2. The molecule has 6 nitrogen and oxygen atoms in total. The van der Waals surface area contributed by atoms with E-state index in [1.54, 1.807) is 12.2 Å². The number of carbonyl (C=O) groups is 2. The molecule has 6 heteroatoms. The van der Waals surface area contributed by atoms with Crippen LogP contribution in [0.3, 0.4) is 0 Å². The van der Waals surface area contributed by atoms with E-state index in [-0.39, 0.29) is 18.5 Å². The lowest BCUT2D eigenvalue weighted by molar-refractivity contribution is -0.138. The molecule has 0 saturated carbocycles. The smallest absolute Gasteiger partial charge is 0.330 e. The molecule has 0 aliphatic rings. The van der Waals surface area contributed by atoms with E-state index in [2.05, 4.69) is 32.6 Å². The number of aliphatic hydroxyl groups excluding tert-OH is 1. The van der Waals surface area contributed by atoms with Crippen LogP contribution in [-0.4, -0.2) is 61.4 Å². The Kier molecular flexibility index (Phi) is 42.2. The largest absolute Gasteiger partial charge is 0.463 e. The Bertz CT molecular complexity index is 832. The standard InChI is InChI=1S/C49H93NO5/c1-5-9-13-15-17-19-21-27-36-46(34-25-11-7-3)44-48(52)54-42-31-23-29-38-50(40-33-41-51)39-30-24-32-43-55-49(53)45-47(35-26-12-8-4)37-28-22-20-18-16-14-10-6-2/h44-45,51H,5-43H2,1-4H3/b46-44+,47-45+. The highest BCUT2D eigenvalue weighted by atomic mass is 16.5. The van der Waals surface area contributed by atoms with Crippen LogP contribution >= 0.6 is 0 Å². The predicted octanol–water partition coefficient (Wildman–Crippen LogP) is 14.2. The highest BCUT2D eigenvalue weighted by molar-refractivity contribution is 5.83. The minimum Gasteiger partial charge on any atom is -0.463 e. The summed E-state index contributed by atoms with van der Waals surface area (Å²) in [6.07, 6.45) is 42.5. The van der Waals surface area contributed by atoms with Gasteiger partial charge in [0.25, 0.3) is 0 Å². The highest BCUT2D eigenvalue weighted by Crippen LogP contribution is 2.20. The van der Waals surface area contributed by atoms with Gasteiger partial charge in [0.1, 0.15) is 0 Å². The van der Waals surface area contributed by atoms with Gasteiger partial charge >= 0.3 is 11.9 Å². The summed E-state index contributed by atoms with van der Waals surface area (Å²) >= 11 is 0. The SMILES string of the molecule is CCCCCCCCCC/C(=C/C(=O)OCCCCCN(CCCO)CCCCCOC(=O)/C=C(\CCCCC)CCCCCCCCCC)CCCCC. The van der Waals surface area contributed by atoms with Crippen molar-refractivity contribution in [3.8, 4) is 0 Å². The Morgan fingerprint density at radius 2 is 0.691 bits per heavy atom. The summed E-state index contributed by atoms with van der Waals surface area (Å²) in [4.78, 5) is 27.7. The molecule has 324 valence electrons. The molecule has 0 fully saturated rings. The second-order valence-electron chi connectivity index (χ2n) is 16.3. The van der Waals surface area contributed by atoms with Gasteiger partial charge in [-0.1, -0.05) is 154 Å². The zero-order valence-corrected chi connectivity index (χ0v) is 37.3. The molecule has 0 spiro atoms. The highest BCUT2D eigenvalue weighted by Gasteiger charge is 2.08. The molecule has 55 heavy (non-hydrogen) atoms. The monoisotopic (exact) mass is 776 g/mol. The molecule has 0 aromatic rings. The number of esters is 2. The number of aliphatic hydroxyl groups is 1. The number of allylic oxidation sites excluding steroid dienone is 2. The van der Waals surface area contributed by atoms with Crippen molar-refractivity contribution < 1.29 is 24.2 Å². The maximum Gasteiger partial charge on any atom is 0.330 e. The number of hydrogen-bond acceptors (Lipinski definition) is 6. The molecular formula is C49H93NO5. The molecule has 0 aliphatic carbocycles. The summed E-state index contributed by atoms with van der Waals surface area (Å²) in [5, 5.41) is 9.43. The molecule has 0 radical (unpaired) electrons. The van der Waals surface area contributed by atoms with Crippen LogP contribution < -0.4 is 0 Å². The molecule has 1 N–H and O–H groups in total. The van der Waals surface area contributed by atoms with Crippen molar-refractivity contribution in [2.24, 2.45) is 0 Å². The normalized spacial score (nSPS) is 12.2. The van der Waals surface area contributed by atoms with Crippen molar-refractivity contribution in [2.45, 2.75) is 240 Å². The van der Waals surface area contributed by atoms with Gasteiger partial charge in [0.2, 0.25) is 0 Å². The van der Waals surface area contributed by atoms with E-state index in [1.807, 2.05) is 0 Å². The Balaban J connectivity index is 4.39.